The predicted molar refractivity (Wildman–Crippen MR) is 58.2 cm³/mol. The molecule has 0 aromatic heterocycles. The van der Waals surface area contributed by atoms with Gasteiger partial charge in [0.2, 0.25) is 0 Å². The molecule has 0 heterocycles. The minimum Gasteiger partial charge on any atom is -0.388 e. The largest absolute Gasteiger partial charge is 0.388 e. The van der Waals surface area contributed by atoms with Gasteiger partial charge in [0.05, 0.1) is 6.10 Å². The predicted octanol–water partition coefficient (Wildman–Crippen LogP) is 2.66. The molecule has 1 nitrogen and oxygen atoms in total. The highest BCUT2D eigenvalue weighted by atomic mass is 16.3. The van der Waals surface area contributed by atoms with Gasteiger partial charge in [-0.3, -0.25) is 0 Å². The minimum atomic E-state index is -0.384. The first-order valence-corrected chi connectivity index (χ1v) is 5.06. The van der Waals surface area contributed by atoms with Crippen LogP contribution >= 0.6 is 0 Å². The van der Waals surface area contributed by atoms with Gasteiger partial charge in [0, 0.05) is 5.41 Å². The van der Waals surface area contributed by atoms with Gasteiger partial charge in [0.15, 0.2) is 0 Å². The van der Waals surface area contributed by atoms with Gasteiger partial charge in [0.25, 0.3) is 0 Å². The van der Waals surface area contributed by atoms with Crippen LogP contribution in [0.1, 0.15) is 25.3 Å². The summed E-state index contributed by atoms with van der Waals surface area (Å²) in [4.78, 5) is 0. The highest BCUT2D eigenvalue weighted by Gasteiger charge is 2.50. The summed E-state index contributed by atoms with van der Waals surface area (Å²) in [5.41, 5.74) is 2.09. The number of aliphatic hydroxyl groups excluding tert-OH is 1. The van der Waals surface area contributed by atoms with E-state index in [1.165, 1.54) is 5.56 Å². The molecule has 0 saturated heterocycles. The minimum absolute atomic E-state index is 0.0207. The summed E-state index contributed by atoms with van der Waals surface area (Å²) >= 11 is 0. The van der Waals surface area contributed by atoms with Crippen LogP contribution in [0.4, 0.5) is 0 Å². The van der Waals surface area contributed by atoms with E-state index in [4.69, 9.17) is 0 Å². The van der Waals surface area contributed by atoms with Gasteiger partial charge in [-0.2, -0.15) is 0 Å². The Morgan fingerprint density at radius 2 is 1.93 bits per heavy atom. The summed E-state index contributed by atoms with van der Waals surface area (Å²) in [5.74, 6) is 0. The number of hydrogen-bond donors (Lipinski definition) is 1. The Labute approximate surface area is 85.1 Å². The lowest BCUT2D eigenvalue weighted by molar-refractivity contribution is 0.167. The molecule has 1 aliphatic carbocycles. The van der Waals surface area contributed by atoms with E-state index in [0.717, 1.165) is 18.4 Å². The van der Waals surface area contributed by atoms with Gasteiger partial charge in [-0.05, 0) is 25.3 Å². The number of hydrogen-bond acceptors (Lipinski definition) is 1. The molecule has 0 spiro atoms. The normalized spacial score (nSPS) is 20.1. The molecule has 0 aliphatic heterocycles. The fourth-order valence-corrected chi connectivity index (χ4v) is 2.10. The first-order chi connectivity index (χ1) is 6.67. The highest BCUT2D eigenvalue weighted by Crippen LogP contribution is 2.52. The van der Waals surface area contributed by atoms with E-state index in [1.54, 1.807) is 0 Å². The SMILES string of the molecule is C=C(C)C(O)C1(c2ccccc2)CC1. The van der Waals surface area contributed by atoms with Crippen LogP contribution in [0.15, 0.2) is 42.5 Å². The molecular weight excluding hydrogens is 172 g/mol. The van der Waals surface area contributed by atoms with Gasteiger partial charge in [-0.15, -0.1) is 0 Å². The van der Waals surface area contributed by atoms with E-state index in [1.807, 2.05) is 25.1 Å². The Morgan fingerprint density at radius 3 is 2.36 bits per heavy atom. The van der Waals surface area contributed by atoms with Crippen molar-refractivity contribution in [3.05, 3.63) is 48.0 Å². The molecule has 1 aliphatic rings. The average molecular weight is 188 g/mol. The molecule has 2 rings (SSSR count). The van der Waals surface area contributed by atoms with Crippen molar-refractivity contribution in [1.29, 1.82) is 0 Å². The second kappa shape index (κ2) is 3.25. The smallest absolute Gasteiger partial charge is 0.0841 e. The standard InChI is InChI=1S/C13H16O/c1-10(2)12(14)13(8-9-13)11-6-4-3-5-7-11/h3-7,12,14H,1,8-9H2,2H3. The topological polar surface area (TPSA) is 20.2 Å². The number of aliphatic hydroxyl groups is 1. The first-order valence-electron chi connectivity index (χ1n) is 5.06. The Bertz CT molecular complexity index is 336. The van der Waals surface area contributed by atoms with Crippen molar-refractivity contribution in [3.8, 4) is 0 Å². The van der Waals surface area contributed by atoms with E-state index >= 15 is 0 Å². The van der Waals surface area contributed by atoms with Crippen molar-refractivity contribution < 1.29 is 5.11 Å². The molecular formula is C13H16O. The molecule has 14 heavy (non-hydrogen) atoms. The van der Waals surface area contributed by atoms with Crippen LogP contribution in [0.5, 0.6) is 0 Å². The number of rotatable bonds is 3. The summed E-state index contributed by atoms with van der Waals surface area (Å²) in [6, 6.07) is 10.3. The zero-order valence-corrected chi connectivity index (χ0v) is 8.53. The zero-order chi connectivity index (χ0) is 10.2. The van der Waals surface area contributed by atoms with Gasteiger partial charge in [0.1, 0.15) is 0 Å². The summed E-state index contributed by atoms with van der Waals surface area (Å²) in [5, 5.41) is 10.1. The molecule has 1 atom stereocenters. The van der Waals surface area contributed by atoms with Crippen molar-refractivity contribution in [2.24, 2.45) is 0 Å². The maximum absolute atomic E-state index is 10.1. The molecule has 1 unspecified atom stereocenters. The highest BCUT2D eigenvalue weighted by molar-refractivity contribution is 5.36. The van der Waals surface area contributed by atoms with Crippen LogP contribution in [-0.2, 0) is 5.41 Å². The Balaban J connectivity index is 2.30. The third kappa shape index (κ3) is 1.38. The third-order valence-electron chi connectivity index (χ3n) is 3.13. The van der Waals surface area contributed by atoms with Gasteiger partial charge in [-0.1, -0.05) is 42.5 Å². The summed E-state index contributed by atoms with van der Waals surface area (Å²) < 4.78 is 0. The lowest BCUT2D eigenvalue weighted by Crippen LogP contribution is -2.26. The fraction of sp³-hybridized carbons (Fsp3) is 0.385. The Morgan fingerprint density at radius 1 is 1.36 bits per heavy atom. The lowest BCUT2D eigenvalue weighted by atomic mass is 9.87. The summed E-state index contributed by atoms with van der Waals surface area (Å²) in [7, 11) is 0. The monoisotopic (exact) mass is 188 g/mol. The second-order valence-electron chi connectivity index (χ2n) is 4.27. The Kier molecular flexibility index (Phi) is 2.20. The number of benzene rings is 1. The van der Waals surface area contributed by atoms with Gasteiger partial charge < -0.3 is 5.11 Å². The summed E-state index contributed by atoms with van der Waals surface area (Å²) in [6.45, 7) is 5.73. The molecule has 1 aromatic carbocycles. The molecule has 0 amide bonds. The molecule has 1 saturated carbocycles. The quantitative estimate of drug-likeness (QED) is 0.723. The summed E-state index contributed by atoms with van der Waals surface area (Å²) in [6.07, 6.45) is 1.76. The maximum Gasteiger partial charge on any atom is 0.0841 e. The van der Waals surface area contributed by atoms with Crippen molar-refractivity contribution in [1.82, 2.24) is 0 Å². The van der Waals surface area contributed by atoms with Gasteiger partial charge in [-0.25, -0.2) is 0 Å². The maximum atomic E-state index is 10.1. The second-order valence-corrected chi connectivity index (χ2v) is 4.27. The van der Waals surface area contributed by atoms with E-state index in [-0.39, 0.29) is 11.5 Å². The Hall–Kier alpha value is -1.08. The molecule has 0 bridgehead atoms. The molecule has 0 radical (unpaired) electrons. The van der Waals surface area contributed by atoms with E-state index in [9.17, 15) is 5.11 Å². The zero-order valence-electron chi connectivity index (χ0n) is 8.53. The van der Waals surface area contributed by atoms with Gasteiger partial charge >= 0.3 is 0 Å². The van der Waals surface area contributed by atoms with E-state index in [2.05, 4.69) is 18.7 Å². The molecule has 1 N–H and O–H groups in total. The van der Waals surface area contributed by atoms with Crippen LogP contribution in [0.3, 0.4) is 0 Å². The van der Waals surface area contributed by atoms with Crippen LogP contribution in [0.2, 0.25) is 0 Å². The first kappa shape index (κ1) is 9.47. The lowest BCUT2D eigenvalue weighted by Gasteiger charge is -2.22. The average Bonchev–Trinajstić information content (AvgIpc) is 2.99. The van der Waals surface area contributed by atoms with Crippen molar-refractivity contribution in [3.63, 3.8) is 0 Å². The van der Waals surface area contributed by atoms with Crippen molar-refractivity contribution in [2.45, 2.75) is 31.3 Å². The van der Waals surface area contributed by atoms with E-state index < -0.39 is 0 Å². The molecule has 74 valence electrons. The van der Waals surface area contributed by atoms with Crippen LogP contribution in [0, 0.1) is 0 Å². The fourth-order valence-electron chi connectivity index (χ4n) is 2.10. The van der Waals surface area contributed by atoms with E-state index in [0.29, 0.717) is 0 Å². The van der Waals surface area contributed by atoms with Crippen LogP contribution in [0.25, 0.3) is 0 Å². The molecule has 1 heteroatoms. The molecule has 1 fully saturated rings. The van der Waals surface area contributed by atoms with Crippen molar-refractivity contribution >= 4 is 0 Å². The molecule has 1 aromatic rings. The van der Waals surface area contributed by atoms with Crippen LogP contribution < -0.4 is 0 Å². The third-order valence-corrected chi connectivity index (χ3v) is 3.13. The van der Waals surface area contributed by atoms with Crippen molar-refractivity contribution in [2.75, 3.05) is 0 Å². The van der Waals surface area contributed by atoms with Crippen LogP contribution in [-0.4, -0.2) is 11.2 Å².